The summed E-state index contributed by atoms with van der Waals surface area (Å²) >= 11 is 0. The van der Waals surface area contributed by atoms with Gasteiger partial charge in [-0.05, 0) is 48.7 Å². The molecule has 0 saturated carbocycles. The van der Waals surface area contributed by atoms with Crippen LogP contribution in [-0.2, 0) is 14.4 Å². The molecule has 2 aromatic rings. The van der Waals surface area contributed by atoms with E-state index in [1.807, 2.05) is 51.0 Å². The molecule has 0 aliphatic carbocycles. The van der Waals surface area contributed by atoms with Gasteiger partial charge >= 0.3 is 0 Å². The molecule has 1 N–H and O–H groups in total. The molecule has 3 atom stereocenters. The number of Topliss-reactive ketones (excluding diaryl/α,β-unsaturated/α-hetero) is 1. The molecular weight excluding hydrogens is 460 g/mol. The van der Waals surface area contributed by atoms with Gasteiger partial charge in [-0.15, -0.1) is 0 Å². The third kappa shape index (κ3) is 5.11. The van der Waals surface area contributed by atoms with E-state index in [9.17, 15) is 19.2 Å². The second-order valence-electron chi connectivity index (χ2n) is 9.83. The van der Waals surface area contributed by atoms with Crippen LogP contribution in [0.2, 0.25) is 0 Å². The van der Waals surface area contributed by atoms with E-state index < -0.39 is 24.0 Å². The van der Waals surface area contributed by atoms with Gasteiger partial charge in [-0.2, -0.15) is 0 Å². The Morgan fingerprint density at radius 3 is 2.31 bits per heavy atom. The van der Waals surface area contributed by atoms with E-state index in [-0.39, 0.29) is 36.7 Å². The summed E-state index contributed by atoms with van der Waals surface area (Å²) in [6.07, 6.45) is 0.373. The Hall–Kier alpha value is -3.72. The Bertz CT molecular complexity index is 1130. The van der Waals surface area contributed by atoms with Crippen LogP contribution in [0.15, 0.2) is 54.6 Å². The highest BCUT2D eigenvalue weighted by Crippen LogP contribution is 2.30. The molecule has 9 heteroatoms. The highest BCUT2D eigenvalue weighted by atomic mass is 16.7. The standard InChI is InChI=1S/C27H32N4O5/c1-17(2)14-21(28-25(33)18-10-12-20(13-11-18)29(3)4)27(35)31-24-22(16-36-31)30(15-23(24)32)26(34)19-8-6-5-7-9-19/h5-13,17,21-22,24H,14-16H2,1-4H3,(H,28,33)/t21-,22?,24?/m0/s1. The first kappa shape index (κ1) is 25.4. The smallest absolute Gasteiger partial charge is 0.269 e. The van der Waals surface area contributed by atoms with Gasteiger partial charge in [0.05, 0.1) is 19.2 Å². The predicted molar refractivity (Wildman–Crippen MR) is 134 cm³/mol. The van der Waals surface area contributed by atoms with Crippen LogP contribution in [0, 0.1) is 5.92 Å². The summed E-state index contributed by atoms with van der Waals surface area (Å²) in [5.41, 5.74) is 1.85. The number of hydrogen-bond acceptors (Lipinski definition) is 6. The highest BCUT2D eigenvalue weighted by molar-refractivity contribution is 6.03. The Labute approximate surface area is 210 Å². The summed E-state index contributed by atoms with van der Waals surface area (Å²) in [5.74, 6) is -1.30. The Morgan fingerprint density at radius 2 is 1.69 bits per heavy atom. The van der Waals surface area contributed by atoms with E-state index in [0.29, 0.717) is 17.5 Å². The molecule has 190 valence electrons. The van der Waals surface area contributed by atoms with E-state index in [1.54, 1.807) is 36.4 Å². The lowest BCUT2D eigenvalue weighted by atomic mass is 10.0. The number of rotatable bonds is 7. The number of nitrogens with zero attached hydrogens (tertiary/aromatic N) is 3. The number of amides is 3. The summed E-state index contributed by atoms with van der Waals surface area (Å²) < 4.78 is 0. The highest BCUT2D eigenvalue weighted by Gasteiger charge is 2.54. The number of nitrogens with one attached hydrogen (secondary N) is 1. The van der Waals surface area contributed by atoms with Crippen LogP contribution >= 0.6 is 0 Å². The molecule has 3 amide bonds. The van der Waals surface area contributed by atoms with Crippen LogP contribution in [0.3, 0.4) is 0 Å². The van der Waals surface area contributed by atoms with Crippen LogP contribution in [0.5, 0.6) is 0 Å². The predicted octanol–water partition coefficient (Wildman–Crippen LogP) is 2.13. The number of carbonyl (C=O) groups excluding carboxylic acids is 4. The van der Waals surface area contributed by atoms with Crippen molar-refractivity contribution in [2.45, 2.75) is 38.4 Å². The fourth-order valence-corrected chi connectivity index (χ4v) is 4.64. The molecular formula is C27H32N4O5. The summed E-state index contributed by atoms with van der Waals surface area (Å²) in [6, 6.07) is 13.5. The quantitative estimate of drug-likeness (QED) is 0.636. The maximum atomic E-state index is 13.5. The molecule has 0 aromatic heterocycles. The van der Waals surface area contributed by atoms with Gasteiger partial charge in [0.15, 0.2) is 5.78 Å². The van der Waals surface area contributed by atoms with Gasteiger partial charge in [0.1, 0.15) is 12.1 Å². The molecule has 2 unspecified atom stereocenters. The monoisotopic (exact) mass is 492 g/mol. The molecule has 0 spiro atoms. The number of anilines is 1. The van der Waals surface area contributed by atoms with Gasteiger partial charge in [-0.1, -0.05) is 32.0 Å². The lowest BCUT2D eigenvalue weighted by Gasteiger charge is -2.27. The lowest BCUT2D eigenvalue weighted by molar-refractivity contribution is -0.181. The zero-order valence-corrected chi connectivity index (χ0v) is 21.0. The SMILES string of the molecule is CC(C)C[C@H](NC(=O)c1ccc(N(C)C)cc1)C(=O)N1OCC2C1C(=O)CN2C(=O)c1ccccc1. The molecule has 2 heterocycles. The maximum absolute atomic E-state index is 13.5. The molecule has 2 fully saturated rings. The minimum absolute atomic E-state index is 0.0368. The normalized spacial score (nSPS) is 19.9. The fraction of sp³-hybridized carbons (Fsp3) is 0.407. The summed E-state index contributed by atoms with van der Waals surface area (Å²) in [4.78, 5) is 61.5. The first-order chi connectivity index (χ1) is 17.2. The number of carbonyl (C=O) groups is 4. The van der Waals surface area contributed by atoms with E-state index in [4.69, 9.17) is 4.84 Å². The average Bonchev–Trinajstić information content (AvgIpc) is 3.44. The Morgan fingerprint density at radius 1 is 1.03 bits per heavy atom. The summed E-state index contributed by atoms with van der Waals surface area (Å²) in [5, 5.41) is 3.91. The van der Waals surface area contributed by atoms with Crippen molar-refractivity contribution >= 4 is 29.2 Å². The molecule has 2 aliphatic heterocycles. The fourth-order valence-electron chi connectivity index (χ4n) is 4.64. The second kappa shape index (κ2) is 10.5. The van der Waals surface area contributed by atoms with Crippen molar-refractivity contribution in [2.75, 3.05) is 32.1 Å². The molecule has 2 aromatic carbocycles. The Kier molecular flexibility index (Phi) is 7.40. The third-order valence-corrected chi connectivity index (χ3v) is 6.51. The van der Waals surface area contributed by atoms with Gasteiger partial charge in [-0.25, -0.2) is 5.06 Å². The van der Waals surface area contributed by atoms with Crippen molar-refractivity contribution in [3.63, 3.8) is 0 Å². The molecule has 0 radical (unpaired) electrons. The first-order valence-corrected chi connectivity index (χ1v) is 12.1. The molecule has 36 heavy (non-hydrogen) atoms. The molecule has 2 saturated heterocycles. The van der Waals surface area contributed by atoms with E-state index in [1.165, 1.54) is 4.90 Å². The number of hydrogen-bond donors (Lipinski definition) is 1. The van der Waals surface area contributed by atoms with Gasteiger partial charge in [0, 0.05) is 30.9 Å². The number of hydroxylamine groups is 2. The van der Waals surface area contributed by atoms with Crippen molar-refractivity contribution in [3.8, 4) is 0 Å². The van der Waals surface area contributed by atoms with Crippen molar-refractivity contribution in [2.24, 2.45) is 5.92 Å². The lowest BCUT2D eigenvalue weighted by Crippen LogP contribution is -2.52. The largest absolute Gasteiger partial charge is 0.378 e. The van der Waals surface area contributed by atoms with E-state index in [0.717, 1.165) is 10.8 Å². The third-order valence-electron chi connectivity index (χ3n) is 6.51. The minimum Gasteiger partial charge on any atom is -0.378 e. The molecule has 0 bridgehead atoms. The zero-order valence-electron chi connectivity index (χ0n) is 21.0. The van der Waals surface area contributed by atoms with Crippen LogP contribution in [0.1, 0.15) is 41.0 Å². The van der Waals surface area contributed by atoms with Crippen molar-refractivity contribution < 1.29 is 24.0 Å². The maximum Gasteiger partial charge on any atom is 0.269 e. The topological polar surface area (TPSA) is 99.3 Å². The number of likely N-dealkylation sites (tertiary alicyclic amines) is 1. The second-order valence-corrected chi connectivity index (χ2v) is 9.83. The van der Waals surface area contributed by atoms with Gasteiger partial charge < -0.3 is 15.1 Å². The van der Waals surface area contributed by atoms with Crippen LogP contribution in [0.25, 0.3) is 0 Å². The number of benzene rings is 2. The minimum atomic E-state index is -0.892. The van der Waals surface area contributed by atoms with Gasteiger partial charge in [0.2, 0.25) is 0 Å². The van der Waals surface area contributed by atoms with Crippen molar-refractivity contribution in [1.29, 1.82) is 0 Å². The molecule has 9 nitrogen and oxygen atoms in total. The summed E-state index contributed by atoms with van der Waals surface area (Å²) in [6.45, 7) is 3.85. The van der Waals surface area contributed by atoms with E-state index >= 15 is 0 Å². The van der Waals surface area contributed by atoms with Crippen molar-refractivity contribution in [1.82, 2.24) is 15.3 Å². The van der Waals surface area contributed by atoms with Crippen LogP contribution in [-0.4, -0.2) is 78.8 Å². The van der Waals surface area contributed by atoms with Gasteiger partial charge in [0.25, 0.3) is 17.7 Å². The zero-order chi connectivity index (χ0) is 26.0. The first-order valence-electron chi connectivity index (χ1n) is 12.1. The average molecular weight is 493 g/mol. The summed E-state index contributed by atoms with van der Waals surface area (Å²) in [7, 11) is 3.82. The van der Waals surface area contributed by atoms with Crippen molar-refractivity contribution in [3.05, 3.63) is 65.7 Å². The van der Waals surface area contributed by atoms with E-state index in [2.05, 4.69) is 5.32 Å². The van der Waals surface area contributed by atoms with Gasteiger partial charge in [-0.3, -0.25) is 24.0 Å². The Balaban J connectivity index is 1.50. The molecule has 2 aliphatic rings. The number of fused-ring (bicyclic) bond motifs is 1. The van der Waals surface area contributed by atoms with Crippen LogP contribution in [0.4, 0.5) is 5.69 Å². The van der Waals surface area contributed by atoms with Crippen LogP contribution < -0.4 is 10.2 Å². The molecule has 4 rings (SSSR count). The number of ketones is 1.